The maximum absolute atomic E-state index is 11.3. The van der Waals surface area contributed by atoms with E-state index < -0.39 is 9.84 Å². The summed E-state index contributed by atoms with van der Waals surface area (Å²) in [5, 5.41) is 10.9. The van der Waals surface area contributed by atoms with Gasteiger partial charge in [-0.3, -0.25) is 0 Å². The van der Waals surface area contributed by atoms with Gasteiger partial charge in [-0.2, -0.15) is 5.10 Å². The lowest BCUT2D eigenvalue weighted by atomic mass is 10.1. The molecular formula is C10H16N4O2S. The summed E-state index contributed by atoms with van der Waals surface area (Å²) >= 11 is 0. The zero-order valence-electron chi connectivity index (χ0n) is 9.97. The Morgan fingerprint density at radius 2 is 2.06 bits per heavy atom. The largest absolute Gasteiger partial charge is 0.353 e. The van der Waals surface area contributed by atoms with Crippen LogP contribution in [0.5, 0.6) is 0 Å². The lowest BCUT2D eigenvalue weighted by Gasteiger charge is -2.09. The number of nitrogens with zero attached hydrogens (tertiary/aromatic N) is 3. The first kappa shape index (κ1) is 12.2. The summed E-state index contributed by atoms with van der Waals surface area (Å²) in [6, 6.07) is 0. The van der Waals surface area contributed by atoms with Crippen molar-refractivity contribution in [3.63, 3.8) is 0 Å². The Hall–Kier alpha value is -1.24. The van der Waals surface area contributed by atoms with Crippen LogP contribution >= 0.6 is 0 Å². The normalized spacial score (nSPS) is 22.6. The Bertz CT molecular complexity index is 515. The quantitative estimate of drug-likeness (QED) is 0.839. The zero-order valence-corrected chi connectivity index (χ0v) is 10.8. The first-order valence-corrected chi connectivity index (χ1v) is 7.40. The molecule has 0 saturated carbocycles. The molecule has 1 fully saturated rings. The second-order valence-electron chi connectivity index (χ2n) is 4.46. The van der Waals surface area contributed by atoms with E-state index in [2.05, 4.69) is 20.5 Å². The van der Waals surface area contributed by atoms with Crippen molar-refractivity contribution in [2.24, 2.45) is 5.92 Å². The van der Waals surface area contributed by atoms with Gasteiger partial charge in [0.15, 0.2) is 9.84 Å². The van der Waals surface area contributed by atoms with Gasteiger partial charge in [0.25, 0.3) is 0 Å². The molecule has 2 rings (SSSR count). The number of hydrogen-bond donors (Lipinski definition) is 1. The van der Waals surface area contributed by atoms with E-state index in [9.17, 15) is 8.42 Å². The summed E-state index contributed by atoms with van der Waals surface area (Å²) in [6.07, 6.45) is 0.716. The molecule has 0 bridgehead atoms. The Balaban J connectivity index is 1.92. The molecule has 0 spiro atoms. The van der Waals surface area contributed by atoms with Crippen LogP contribution in [0.25, 0.3) is 0 Å². The molecule has 1 aromatic heterocycles. The molecule has 1 unspecified atom stereocenters. The Labute approximate surface area is 101 Å². The van der Waals surface area contributed by atoms with Crippen molar-refractivity contribution in [3.05, 3.63) is 11.4 Å². The van der Waals surface area contributed by atoms with Crippen molar-refractivity contribution in [1.29, 1.82) is 0 Å². The fourth-order valence-electron chi connectivity index (χ4n) is 1.80. The van der Waals surface area contributed by atoms with Gasteiger partial charge >= 0.3 is 0 Å². The SMILES string of the molecule is Cc1nnc(NCC2CCS(=O)(=O)C2)nc1C. The van der Waals surface area contributed by atoms with Crippen molar-refractivity contribution in [2.75, 3.05) is 23.4 Å². The summed E-state index contributed by atoms with van der Waals surface area (Å²) in [6.45, 7) is 4.31. The molecule has 0 amide bonds. The Kier molecular flexibility index (Phi) is 3.28. The number of hydrogen-bond acceptors (Lipinski definition) is 6. The van der Waals surface area contributed by atoms with Gasteiger partial charge in [-0.25, -0.2) is 13.4 Å². The van der Waals surface area contributed by atoms with Crippen LogP contribution in [0, 0.1) is 19.8 Å². The number of anilines is 1. The third-order valence-electron chi connectivity index (χ3n) is 2.97. The van der Waals surface area contributed by atoms with Gasteiger partial charge in [-0.15, -0.1) is 5.10 Å². The third kappa shape index (κ3) is 3.12. The Morgan fingerprint density at radius 1 is 1.29 bits per heavy atom. The van der Waals surface area contributed by atoms with E-state index in [0.717, 1.165) is 11.4 Å². The van der Waals surface area contributed by atoms with Gasteiger partial charge in [0, 0.05) is 6.54 Å². The van der Waals surface area contributed by atoms with E-state index >= 15 is 0 Å². The first-order valence-electron chi connectivity index (χ1n) is 5.58. The summed E-state index contributed by atoms with van der Waals surface area (Å²) in [7, 11) is -2.81. The number of aromatic nitrogens is 3. The van der Waals surface area contributed by atoms with Crippen molar-refractivity contribution in [1.82, 2.24) is 15.2 Å². The molecule has 0 radical (unpaired) electrons. The molecule has 0 aliphatic carbocycles. The highest BCUT2D eigenvalue weighted by Crippen LogP contribution is 2.18. The van der Waals surface area contributed by atoms with E-state index in [0.29, 0.717) is 24.7 Å². The van der Waals surface area contributed by atoms with Crippen LogP contribution in [0.3, 0.4) is 0 Å². The van der Waals surface area contributed by atoms with Crippen molar-refractivity contribution in [3.8, 4) is 0 Å². The standard InChI is InChI=1S/C10H16N4O2S/c1-7-8(2)13-14-10(12-7)11-5-9-3-4-17(15,16)6-9/h9H,3-6H2,1-2H3,(H,11,12,14). The predicted octanol–water partition coefficient (Wildman–Crippen LogP) is 0.335. The third-order valence-corrected chi connectivity index (χ3v) is 4.80. The van der Waals surface area contributed by atoms with Crippen LogP contribution in [0.1, 0.15) is 17.8 Å². The highest BCUT2D eigenvalue weighted by Gasteiger charge is 2.27. The lowest BCUT2D eigenvalue weighted by molar-refractivity contribution is 0.595. The average Bonchev–Trinajstić information content (AvgIpc) is 2.60. The van der Waals surface area contributed by atoms with E-state index in [-0.39, 0.29) is 11.7 Å². The van der Waals surface area contributed by atoms with E-state index in [4.69, 9.17) is 0 Å². The van der Waals surface area contributed by atoms with Gasteiger partial charge in [0.2, 0.25) is 5.95 Å². The second kappa shape index (κ2) is 4.56. The van der Waals surface area contributed by atoms with Crippen LogP contribution in [0.15, 0.2) is 0 Å². The molecule has 1 aromatic rings. The molecule has 17 heavy (non-hydrogen) atoms. The molecule has 0 aromatic carbocycles. The minimum atomic E-state index is -2.81. The summed E-state index contributed by atoms with van der Waals surface area (Å²) in [4.78, 5) is 4.24. The van der Waals surface area contributed by atoms with Gasteiger partial charge in [-0.05, 0) is 26.2 Å². The fraction of sp³-hybridized carbons (Fsp3) is 0.700. The number of rotatable bonds is 3. The van der Waals surface area contributed by atoms with E-state index in [1.54, 1.807) is 0 Å². The maximum atomic E-state index is 11.3. The minimum Gasteiger partial charge on any atom is -0.353 e. The fourth-order valence-corrected chi connectivity index (χ4v) is 3.66. The molecule has 7 heteroatoms. The number of aryl methyl sites for hydroxylation is 2. The lowest BCUT2D eigenvalue weighted by Crippen LogP contribution is -2.17. The van der Waals surface area contributed by atoms with Crippen LogP contribution in [0.2, 0.25) is 0 Å². The molecule has 2 heterocycles. The molecule has 6 nitrogen and oxygen atoms in total. The van der Waals surface area contributed by atoms with E-state index in [1.807, 2.05) is 13.8 Å². The smallest absolute Gasteiger partial charge is 0.242 e. The molecule has 1 saturated heterocycles. The molecule has 1 aliphatic rings. The average molecular weight is 256 g/mol. The monoisotopic (exact) mass is 256 g/mol. The first-order chi connectivity index (χ1) is 7.96. The molecule has 1 aliphatic heterocycles. The minimum absolute atomic E-state index is 0.158. The van der Waals surface area contributed by atoms with Crippen molar-refractivity contribution in [2.45, 2.75) is 20.3 Å². The highest BCUT2D eigenvalue weighted by atomic mass is 32.2. The van der Waals surface area contributed by atoms with Crippen molar-refractivity contribution >= 4 is 15.8 Å². The second-order valence-corrected chi connectivity index (χ2v) is 6.68. The topological polar surface area (TPSA) is 84.8 Å². The summed E-state index contributed by atoms with van der Waals surface area (Å²) < 4.78 is 22.6. The highest BCUT2D eigenvalue weighted by molar-refractivity contribution is 7.91. The van der Waals surface area contributed by atoms with Gasteiger partial charge in [0.1, 0.15) is 0 Å². The van der Waals surface area contributed by atoms with Crippen molar-refractivity contribution < 1.29 is 8.42 Å². The van der Waals surface area contributed by atoms with Crippen LogP contribution < -0.4 is 5.32 Å². The zero-order chi connectivity index (χ0) is 12.5. The predicted molar refractivity (Wildman–Crippen MR) is 64.6 cm³/mol. The van der Waals surface area contributed by atoms with Crippen LogP contribution in [0.4, 0.5) is 5.95 Å². The molecular weight excluding hydrogens is 240 g/mol. The number of nitrogens with one attached hydrogen (secondary N) is 1. The maximum Gasteiger partial charge on any atom is 0.242 e. The van der Waals surface area contributed by atoms with Crippen LogP contribution in [-0.2, 0) is 9.84 Å². The summed E-state index contributed by atoms with van der Waals surface area (Å²) in [5.41, 5.74) is 1.64. The molecule has 94 valence electrons. The van der Waals surface area contributed by atoms with Gasteiger partial charge < -0.3 is 5.32 Å². The van der Waals surface area contributed by atoms with Crippen LogP contribution in [-0.4, -0.2) is 41.6 Å². The van der Waals surface area contributed by atoms with E-state index in [1.165, 1.54) is 0 Å². The van der Waals surface area contributed by atoms with Gasteiger partial charge in [-0.1, -0.05) is 0 Å². The van der Waals surface area contributed by atoms with Gasteiger partial charge in [0.05, 0.1) is 22.9 Å². The Morgan fingerprint density at radius 3 is 2.65 bits per heavy atom. The molecule has 1 atom stereocenters. The summed E-state index contributed by atoms with van der Waals surface area (Å²) in [5.74, 6) is 1.19. The number of sulfone groups is 1. The molecule has 1 N–H and O–H groups in total.